The lowest BCUT2D eigenvalue weighted by Crippen LogP contribution is -2.25. The highest BCUT2D eigenvalue weighted by Gasteiger charge is 2.23. The van der Waals surface area contributed by atoms with Crippen LogP contribution < -0.4 is 16.2 Å². The molecule has 0 aliphatic rings. The first-order chi connectivity index (χ1) is 15.8. The second-order valence-corrected chi connectivity index (χ2v) is 7.95. The molecule has 0 radical (unpaired) electrons. The zero-order chi connectivity index (χ0) is 23.7. The third-order valence-electron chi connectivity index (χ3n) is 5.69. The molecular weight excluding hydrogens is 418 g/mol. The lowest BCUT2D eigenvalue weighted by Gasteiger charge is -2.18. The van der Waals surface area contributed by atoms with Crippen molar-refractivity contribution >= 4 is 34.0 Å². The maximum absolute atomic E-state index is 13.3. The van der Waals surface area contributed by atoms with Gasteiger partial charge in [-0.05, 0) is 57.2 Å². The summed E-state index contributed by atoms with van der Waals surface area (Å²) < 4.78 is 3.24. The highest BCUT2D eigenvalue weighted by Crippen LogP contribution is 2.27. The van der Waals surface area contributed by atoms with Crippen LogP contribution in [0.4, 0.5) is 11.4 Å². The van der Waals surface area contributed by atoms with Crippen molar-refractivity contribution in [2.75, 3.05) is 10.6 Å². The third-order valence-corrected chi connectivity index (χ3v) is 5.69. The van der Waals surface area contributed by atoms with Crippen LogP contribution in [0.15, 0.2) is 65.6 Å². The highest BCUT2D eigenvalue weighted by atomic mass is 16.2. The predicted octanol–water partition coefficient (Wildman–Crippen LogP) is 3.96. The molecule has 8 nitrogen and oxygen atoms in total. The van der Waals surface area contributed by atoms with Crippen LogP contribution in [0.1, 0.15) is 31.3 Å². The zero-order valence-corrected chi connectivity index (χ0v) is 18.9. The molecule has 2 heterocycles. The van der Waals surface area contributed by atoms with E-state index in [0.29, 0.717) is 28.1 Å². The molecule has 0 bridgehead atoms. The Hall–Kier alpha value is -4.20. The molecule has 168 valence electrons. The smallest absolute Gasteiger partial charge is 0.281 e. The number of para-hydroxylation sites is 1. The number of rotatable bonds is 5. The van der Waals surface area contributed by atoms with Gasteiger partial charge in [-0.1, -0.05) is 18.2 Å². The van der Waals surface area contributed by atoms with Crippen molar-refractivity contribution in [3.8, 4) is 5.69 Å². The zero-order valence-electron chi connectivity index (χ0n) is 18.9. The van der Waals surface area contributed by atoms with Gasteiger partial charge in [-0.25, -0.2) is 0 Å². The van der Waals surface area contributed by atoms with E-state index in [1.165, 1.54) is 11.6 Å². The van der Waals surface area contributed by atoms with E-state index in [0.717, 1.165) is 11.1 Å². The lowest BCUT2D eigenvalue weighted by molar-refractivity contribution is -0.119. The molecule has 2 aromatic carbocycles. The van der Waals surface area contributed by atoms with Gasteiger partial charge >= 0.3 is 0 Å². The van der Waals surface area contributed by atoms with Crippen LogP contribution in [-0.4, -0.2) is 26.2 Å². The molecule has 0 saturated heterocycles. The summed E-state index contributed by atoms with van der Waals surface area (Å²) in [5.41, 5.74) is 3.24. The number of nitrogens with zero attached hydrogens (tertiary/aromatic N) is 3. The van der Waals surface area contributed by atoms with E-state index in [4.69, 9.17) is 0 Å². The molecule has 2 N–H and O–H groups in total. The van der Waals surface area contributed by atoms with Crippen LogP contribution in [0.2, 0.25) is 0 Å². The fraction of sp³-hybridized carbons (Fsp3) is 0.200. The van der Waals surface area contributed by atoms with Crippen molar-refractivity contribution in [3.63, 3.8) is 0 Å². The Morgan fingerprint density at radius 2 is 1.52 bits per heavy atom. The van der Waals surface area contributed by atoms with Crippen molar-refractivity contribution in [1.82, 2.24) is 14.3 Å². The van der Waals surface area contributed by atoms with Crippen LogP contribution in [-0.2, 0) is 9.59 Å². The van der Waals surface area contributed by atoms with Gasteiger partial charge in [-0.15, -0.1) is 0 Å². The third kappa shape index (κ3) is 4.15. The number of carbonyl (C=O) groups is 2. The minimum absolute atomic E-state index is 0.160. The van der Waals surface area contributed by atoms with Crippen molar-refractivity contribution in [2.24, 2.45) is 0 Å². The summed E-state index contributed by atoms with van der Waals surface area (Å²) in [5, 5.41) is 11.2. The Balaban J connectivity index is 1.66. The molecule has 1 atom stereocenters. The van der Waals surface area contributed by atoms with Gasteiger partial charge in [-0.3, -0.25) is 14.4 Å². The molecule has 4 rings (SSSR count). The molecule has 0 aliphatic heterocycles. The molecule has 0 fully saturated rings. The number of hydrogen-bond donors (Lipinski definition) is 2. The second-order valence-electron chi connectivity index (χ2n) is 7.95. The summed E-state index contributed by atoms with van der Waals surface area (Å²) in [5.74, 6) is -0.378. The number of carbonyl (C=O) groups excluding carboxylic acids is 2. The molecule has 1 unspecified atom stereocenters. The van der Waals surface area contributed by atoms with Crippen LogP contribution in [0.3, 0.4) is 0 Å². The number of aromatic nitrogens is 3. The summed E-state index contributed by atoms with van der Waals surface area (Å²) in [7, 11) is 0. The first-order valence-electron chi connectivity index (χ1n) is 10.6. The van der Waals surface area contributed by atoms with Crippen LogP contribution in [0, 0.1) is 13.8 Å². The standard InChI is InChI=1S/C25H25N5O3/c1-15-22-14-26-30(21-8-6-5-7-9-21)25(33)23(22)16(2)29(15)17(3)24(32)28-20-12-10-19(11-13-20)27-18(4)31/h5-14,17H,1-4H3,(H,27,31)(H,28,32). The quantitative estimate of drug-likeness (QED) is 0.488. The molecule has 4 aromatic rings. The van der Waals surface area contributed by atoms with Gasteiger partial charge in [0.1, 0.15) is 6.04 Å². The second kappa shape index (κ2) is 8.74. The van der Waals surface area contributed by atoms with Crippen molar-refractivity contribution in [1.29, 1.82) is 0 Å². The van der Waals surface area contributed by atoms with Crippen LogP contribution >= 0.6 is 0 Å². The lowest BCUT2D eigenvalue weighted by atomic mass is 10.2. The minimum Gasteiger partial charge on any atom is -0.336 e. The molecule has 33 heavy (non-hydrogen) atoms. The van der Waals surface area contributed by atoms with E-state index in [1.54, 1.807) is 37.4 Å². The summed E-state index contributed by atoms with van der Waals surface area (Å²) in [6.45, 7) is 6.96. The van der Waals surface area contributed by atoms with E-state index in [1.807, 2.05) is 48.7 Å². The summed E-state index contributed by atoms with van der Waals surface area (Å²) >= 11 is 0. The normalized spacial score (nSPS) is 11.9. The Kier molecular flexibility index (Phi) is 5.83. The van der Waals surface area contributed by atoms with Crippen molar-refractivity contribution in [3.05, 3.63) is 82.5 Å². The number of amides is 2. The number of aryl methyl sites for hydroxylation is 2. The van der Waals surface area contributed by atoms with Gasteiger partial charge in [0, 0.05) is 35.1 Å². The number of nitrogens with one attached hydrogen (secondary N) is 2. The average molecular weight is 444 g/mol. The summed E-state index contributed by atoms with van der Waals surface area (Å²) in [6.07, 6.45) is 1.67. The van der Waals surface area contributed by atoms with Crippen molar-refractivity contribution < 1.29 is 9.59 Å². The molecule has 8 heteroatoms. The highest BCUT2D eigenvalue weighted by molar-refractivity contribution is 5.96. The van der Waals surface area contributed by atoms with Gasteiger partial charge in [-0.2, -0.15) is 9.78 Å². The average Bonchev–Trinajstić information content (AvgIpc) is 3.05. The SMILES string of the molecule is CC(=O)Nc1ccc(NC(=O)C(C)n2c(C)c3cnn(-c4ccccc4)c(=O)c3c2C)cc1. The minimum atomic E-state index is -0.558. The number of benzene rings is 2. The van der Waals surface area contributed by atoms with Gasteiger partial charge in [0.2, 0.25) is 11.8 Å². The topological polar surface area (TPSA) is 98.0 Å². The molecule has 0 saturated carbocycles. The fourth-order valence-corrected chi connectivity index (χ4v) is 4.12. The summed E-state index contributed by atoms with van der Waals surface area (Å²) in [6, 6.07) is 15.6. The monoisotopic (exact) mass is 443 g/mol. The number of fused-ring (bicyclic) bond motifs is 1. The van der Waals surface area contributed by atoms with Gasteiger partial charge in [0.05, 0.1) is 17.3 Å². The Bertz CT molecular complexity index is 1400. The fourth-order valence-electron chi connectivity index (χ4n) is 4.12. The van der Waals surface area contributed by atoms with Gasteiger partial charge in [0.25, 0.3) is 5.56 Å². The Labute approximate surface area is 190 Å². The number of hydrogen-bond acceptors (Lipinski definition) is 4. The van der Waals surface area contributed by atoms with E-state index in [9.17, 15) is 14.4 Å². The summed E-state index contributed by atoms with van der Waals surface area (Å²) in [4.78, 5) is 37.5. The van der Waals surface area contributed by atoms with E-state index in [2.05, 4.69) is 15.7 Å². The van der Waals surface area contributed by atoms with Crippen molar-refractivity contribution in [2.45, 2.75) is 33.7 Å². The number of anilines is 2. The molecule has 0 aliphatic carbocycles. The van der Waals surface area contributed by atoms with Crippen LogP contribution in [0.5, 0.6) is 0 Å². The van der Waals surface area contributed by atoms with Gasteiger partial charge in [0.15, 0.2) is 0 Å². The predicted molar refractivity (Wildman–Crippen MR) is 129 cm³/mol. The van der Waals surface area contributed by atoms with Gasteiger partial charge < -0.3 is 15.2 Å². The molecular formula is C25H25N5O3. The van der Waals surface area contributed by atoms with E-state index in [-0.39, 0.29) is 17.4 Å². The first-order valence-corrected chi connectivity index (χ1v) is 10.6. The maximum atomic E-state index is 13.3. The molecule has 2 amide bonds. The van der Waals surface area contributed by atoms with E-state index < -0.39 is 6.04 Å². The molecule has 2 aromatic heterocycles. The largest absolute Gasteiger partial charge is 0.336 e. The first kappa shape index (κ1) is 22.0. The molecule has 0 spiro atoms. The van der Waals surface area contributed by atoms with Crippen LogP contribution in [0.25, 0.3) is 16.5 Å². The maximum Gasteiger partial charge on any atom is 0.281 e. The Morgan fingerprint density at radius 1 is 0.909 bits per heavy atom. The Morgan fingerprint density at radius 3 is 2.12 bits per heavy atom. The van der Waals surface area contributed by atoms with E-state index >= 15 is 0 Å².